The summed E-state index contributed by atoms with van der Waals surface area (Å²) in [5, 5.41) is 3.34. The first-order chi connectivity index (χ1) is 16.2. The lowest BCUT2D eigenvalue weighted by Gasteiger charge is -2.41. The van der Waals surface area contributed by atoms with E-state index in [1.807, 2.05) is 17.9 Å². The molecule has 1 aromatic heterocycles. The summed E-state index contributed by atoms with van der Waals surface area (Å²) in [4.78, 5) is 33.6. The number of benzene rings is 1. The summed E-state index contributed by atoms with van der Waals surface area (Å²) in [5.41, 5.74) is 2.84. The van der Waals surface area contributed by atoms with Gasteiger partial charge in [-0.2, -0.15) is 0 Å². The predicted molar refractivity (Wildman–Crippen MR) is 129 cm³/mol. The first-order valence-corrected chi connectivity index (χ1v) is 12.0. The molecular weight excluding hydrogens is 459 g/mol. The number of carbonyl (C=O) groups excluding carboxylic acids is 2. The molecule has 2 unspecified atom stereocenters. The van der Waals surface area contributed by atoms with E-state index in [0.29, 0.717) is 30.4 Å². The predicted octanol–water partition coefficient (Wildman–Crippen LogP) is 3.95. The standard InChI is InChI=1S/C25H30ClFN4O3/c1-15-13-30(6-7-31(15)25(33)23-5-4-8-34-23)14-19-9-20(26)11-22(16(19)2)29-24(32)18-10-21(27)17(3)28-12-18/h9-12,15,23H,4-8,13-14H2,1-3H3,(H,29,32). The highest BCUT2D eigenvalue weighted by Crippen LogP contribution is 2.28. The molecule has 4 rings (SSSR count). The Morgan fingerprint density at radius 1 is 1.26 bits per heavy atom. The fourth-order valence-electron chi connectivity index (χ4n) is 4.56. The number of nitrogens with one attached hydrogen (secondary N) is 1. The molecule has 1 N–H and O–H groups in total. The third-order valence-electron chi connectivity index (χ3n) is 6.61. The monoisotopic (exact) mass is 488 g/mol. The average molecular weight is 489 g/mol. The average Bonchev–Trinajstić information content (AvgIpc) is 3.33. The van der Waals surface area contributed by atoms with Crippen LogP contribution in [0, 0.1) is 19.7 Å². The van der Waals surface area contributed by atoms with Crippen molar-refractivity contribution in [3.63, 3.8) is 0 Å². The van der Waals surface area contributed by atoms with E-state index in [9.17, 15) is 14.0 Å². The highest BCUT2D eigenvalue weighted by molar-refractivity contribution is 6.31. The van der Waals surface area contributed by atoms with Gasteiger partial charge in [0.15, 0.2) is 0 Å². The first-order valence-electron chi connectivity index (χ1n) is 11.6. The molecule has 2 amide bonds. The minimum absolute atomic E-state index is 0.0769. The first kappa shape index (κ1) is 24.6. The zero-order valence-electron chi connectivity index (χ0n) is 19.7. The Morgan fingerprint density at radius 2 is 2.06 bits per heavy atom. The van der Waals surface area contributed by atoms with Gasteiger partial charge >= 0.3 is 0 Å². The van der Waals surface area contributed by atoms with Crippen LogP contribution >= 0.6 is 11.6 Å². The second-order valence-corrected chi connectivity index (χ2v) is 9.54. The highest BCUT2D eigenvalue weighted by atomic mass is 35.5. The number of piperazine rings is 1. The number of anilines is 1. The fourth-order valence-corrected chi connectivity index (χ4v) is 4.80. The van der Waals surface area contributed by atoms with E-state index >= 15 is 0 Å². The van der Waals surface area contributed by atoms with Crippen LogP contribution in [0.5, 0.6) is 0 Å². The smallest absolute Gasteiger partial charge is 0.257 e. The van der Waals surface area contributed by atoms with Crippen molar-refractivity contribution in [2.45, 2.75) is 52.3 Å². The van der Waals surface area contributed by atoms with Gasteiger partial charge < -0.3 is 15.0 Å². The summed E-state index contributed by atoms with van der Waals surface area (Å²) in [6.45, 7) is 8.96. The number of aryl methyl sites for hydroxylation is 1. The Hall–Kier alpha value is -2.55. The Kier molecular flexibility index (Phi) is 7.50. The van der Waals surface area contributed by atoms with Gasteiger partial charge in [-0.15, -0.1) is 0 Å². The molecule has 0 bridgehead atoms. The van der Waals surface area contributed by atoms with Crippen LogP contribution in [0.15, 0.2) is 24.4 Å². The van der Waals surface area contributed by atoms with Gasteiger partial charge in [0.1, 0.15) is 11.9 Å². The van der Waals surface area contributed by atoms with E-state index in [-0.39, 0.29) is 29.3 Å². The van der Waals surface area contributed by atoms with Crippen molar-refractivity contribution in [3.8, 4) is 0 Å². The molecular formula is C25H30ClFN4O3. The van der Waals surface area contributed by atoms with E-state index in [4.69, 9.17) is 16.3 Å². The molecule has 0 spiro atoms. The van der Waals surface area contributed by atoms with Gasteiger partial charge in [-0.1, -0.05) is 11.6 Å². The second kappa shape index (κ2) is 10.4. The highest BCUT2D eigenvalue weighted by Gasteiger charge is 2.34. The third kappa shape index (κ3) is 5.40. The van der Waals surface area contributed by atoms with Crippen LogP contribution in [-0.4, -0.2) is 65.0 Å². The molecule has 1 aromatic carbocycles. The normalized spacial score (nSPS) is 21.0. The summed E-state index contributed by atoms with van der Waals surface area (Å²) in [5.74, 6) is -0.879. The molecule has 7 nitrogen and oxygen atoms in total. The lowest BCUT2D eigenvalue weighted by atomic mass is 10.0. The van der Waals surface area contributed by atoms with Crippen molar-refractivity contribution in [1.82, 2.24) is 14.8 Å². The van der Waals surface area contributed by atoms with Crippen LogP contribution in [0.1, 0.15) is 46.9 Å². The second-order valence-electron chi connectivity index (χ2n) is 9.10. The molecule has 3 heterocycles. The van der Waals surface area contributed by atoms with Gasteiger partial charge in [-0.3, -0.25) is 19.5 Å². The molecule has 34 heavy (non-hydrogen) atoms. The SMILES string of the molecule is Cc1ncc(C(=O)Nc2cc(Cl)cc(CN3CCN(C(=O)C4CCCO4)C(C)C3)c2C)cc1F. The summed E-state index contributed by atoms with van der Waals surface area (Å²) >= 11 is 6.37. The topological polar surface area (TPSA) is 74.8 Å². The molecule has 9 heteroatoms. The van der Waals surface area contributed by atoms with Crippen LogP contribution in [-0.2, 0) is 16.1 Å². The quantitative estimate of drug-likeness (QED) is 0.689. The van der Waals surface area contributed by atoms with Crippen molar-refractivity contribution in [2.24, 2.45) is 0 Å². The van der Waals surface area contributed by atoms with Gasteiger partial charge in [-0.05, 0) is 62.9 Å². The van der Waals surface area contributed by atoms with Gasteiger partial charge in [-0.25, -0.2) is 4.39 Å². The van der Waals surface area contributed by atoms with Gasteiger partial charge in [0.05, 0.1) is 11.3 Å². The van der Waals surface area contributed by atoms with E-state index in [0.717, 1.165) is 37.1 Å². The summed E-state index contributed by atoms with van der Waals surface area (Å²) in [7, 11) is 0. The number of halogens is 2. The van der Waals surface area contributed by atoms with Crippen molar-refractivity contribution < 1.29 is 18.7 Å². The van der Waals surface area contributed by atoms with Crippen molar-refractivity contribution in [1.29, 1.82) is 0 Å². The molecule has 0 aliphatic carbocycles. The molecule has 2 aliphatic rings. The van der Waals surface area contributed by atoms with Crippen LogP contribution < -0.4 is 5.32 Å². The summed E-state index contributed by atoms with van der Waals surface area (Å²) in [6, 6.07) is 4.84. The molecule has 182 valence electrons. The summed E-state index contributed by atoms with van der Waals surface area (Å²) in [6.07, 6.45) is 2.79. The number of hydrogen-bond donors (Lipinski definition) is 1. The van der Waals surface area contributed by atoms with Gasteiger partial charge in [0.25, 0.3) is 11.8 Å². The molecule has 2 aliphatic heterocycles. The number of amides is 2. The van der Waals surface area contributed by atoms with Gasteiger partial charge in [0.2, 0.25) is 0 Å². The van der Waals surface area contributed by atoms with Crippen molar-refractivity contribution in [3.05, 3.63) is 57.6 Å². The zero-order valence-corrected chi connectivity index (χ0v) is 20.5. The molecule has 2 saturated heterocycles. The van der Waals surface area contributed by atoms with Crippen molar-refractivity contribution >= 4 is 29.1 Å². The maximum Gasteiger partial charge on any atom is 0.257 e. The number of hydrogen-bond acceptors (Lipinski definition) is 5. The van der Waals surface area contributed by atoms with Crippen LogP contribution in [0.4, 0.5) is 10.1 Å². The van der Waals surface area contributed by atoms with E-state index in [1.165, 1.54) is 12.3 Å². The molecule has 2 fully saturated rings. The third-order valence-corrected chi connectivity index (χ3v) is 6.83. The van der Waals surface area contributed by atoms with Crippen LogP contribution in [0.3, 0.4) is 0 Å². The Balaban J connectivity index is 1.43. The van der Waals surface area contributed by atoms with E-state index < -0.39 is 11.7 Å². The Labute approximate surface area is 204 Å². The fraction of sp³-hybridized carbons (Fsp3) is 0.480. The largest absolute Gasteiger partial charge is 0.368 e. The van der Waals surface area contributed by atoms with E-state index in [1.54, 1.807) is 13.0 Å². The number of aromatic nitrogens is 1. The summed E-state index contributed by atoms with van der Waals surface area (Å²) < 4.78 is 19.4. The lowest BCUT2D eigenvalue weighted by Crippen LogP contribution is -2.55. The molecule has 0 saturated carbocycles. The van der Waals surface area contributed by atoms with Crippen molar-refractivity contribution in [2.75, 3.05) is 31.6 Å². The number of ether oxygens (including phenoxy) is 1. The molecule has 0 radical (unpaired) electrons. The zero-order chi connectivity index (χ0) is 24.4. The molecule has 2 atom stereocenters. The minimum Gasteiger partial charge on any atom is -0.368 e. The Morgan fingerprint density at radius 3 is 2.74 bits per heavy atom. The number of pyridine rings is 1. The number of nitrogens with zero attached hydrogens (tertiary/aromatic N) is 3. The van der Waals surface area contributed by atoms with E-state index in [2.05, 4.69) is 22.1 Å². The number of rotatable bonds is 5. The maximum atomic E-state index is 13.8. The lowest BCUT2D eigenvalue weighted by molar-refractivity contribution is -0.145. The molecule has 2 aromatic rings. The van der Waals surface area contributed by atoms with Crippen LogP contribution in [0.25, 0.3) is 0 Å². The van der Waals surface area contributed by atoms with Crippen LogP contribution in [0.2, 0.25) is 5.02 Å². The van der Waals surface area contributed by atoms with Gasteiger partial charge in [0, 0.05) is 55.7 Å². The maximum absolute atomic E-state index is 13.8. The Bertz CT molecular complexity index is 1090. The minimum atomic E-state index is -0.526. The number of carbonyl (C=O) groups is 2.